The van der Waals surface area contributed by atoms with Gasteiger partial charge in [0.25, 0.3) is 0 Å². The molecule has 6 nitrogen and oxygen atoms in total. The van der Waals surface area contributed by atoms with Crippen molar-refractivity contribution in [3.8, 4) is 0 Å². The Hall–Kier alpha value is -1.30. The molecule has 0 aliphatic heterocycles. The smallest absolute Gasteiger partial charge is 0.332 e. The van der Waals surface area contributed by atoms with Gasteiger partial charge in [-0.25, -0.2) is 9.59 Å². The van der Waals surface area contributed by atoms with Gasteiger partial charge in [-0.1, -0.05) is 13.3 Å². The maximum Gasteiger partial charge on any atom is 0.332 e. The molecule has 1 rings (SSSR count). The summed E-state index contributed by atoms with van der Waals surface area (Å²) in [5, 5.41) is 22.7. The molecule has 0 saturated heterocycles. The van der Waals surface area contributed by atoms with E-state index in [0.717, 1.165) is 18.8 Å². The van der Waals surface area contributed by atoms with Gasteiger partial charge in [-0.2, -0.15) is 0 Å². The van der Waals surface area contributed by atoms with E-state index in [0.29, 0.717) is 12.5 Å². The van der Waals surface area contributed by atoms with Crippen LogP contribution in [0.15, 0.2) is 0 Å². The van der Waals surface area contributed by atoms with Crippen LogP contribution in [0.2, 0.25) is 0 Å². The number of rotatable bonds is 6. The summed E-state index contributed by atoms with van der Waals surface area (Å²) in [7, 11) is 0. The predicted octanol–water partition coefficient (Wildman–Crippen LogP) is 0.557. The monoisotopic (exact) mass is 258 g/mol. The number of hydrogen-bond donors (Lipinski definition) is 4. The molecule has 0 aromatic heterocycles. The van der Waals surface area contributed by atoms with Crippen LogP contribution in [0.25, 0.3) is 0 Å². The van der Waals surface area contributed by atoms with Crippen LogP contribution >= 0.6 is 0 Å². The third-order valence-corrected chi connectivity index (χ3v) is 3.34. The number of carbonyl (C=O) groups excluding carboxylic acids is 1. The summed E-state index contributed by atoms with van der Waals surface area (Å²) in [6, 6.07) is -0.299. The first-order chi connectivity index (χ1) is 8.49. The van der Waals surface area contributed by atoms with Gasteiger partial charge in [0, 0.05) is 19.5 Å². The second kappa shape index (κ2) is 7.20. The highest BCUT2D eigenvalue weighted by atomic mass is 16.4. The summed E-state index contributed by atoms with van der Waals surface area (Å²) < 4.78 is 0. The third kappa shape index (κ3) is 5.35. The van der Waals surface area contributed by atoms with Crippen molar-refractivity contribution in [2.24, 2.45) is 11.8 Å². The van der Waals surface area contributed by atoms with Crippen LogP contribution < -0.4 is 10.6 Å². The molecular weight excluding hydrogens is 236 g/mol. The summed E-state index contributed by atoms with van der Waals surface area (Å²) in [5.41, 5.74) is 0. The molecule has 1 saturated carbocycles. The molecule has 6 heteroatoms. The average Bonchev–Trinajstić information content (AvgIpc) is 2.72. The lowest BCUT2D eigenvalue weighted by molar-refractivity contribution is -0.146. The number of hydrogen-bond acceptors (Lipinski definition) is 3. The minimum atomic E-state index is -1.42. The van der Waals surface area contributed by atoms with E-state index < -0.39 is 12.1 Å². The molecule has 1 aliphatic carbocycles. The van der Waals surface area contributed by atoms with Gasteiger partial charge in [0.05, 0.1) is 0 Å². The van der Waals surface area contributed by atoms with Gasteiger partial charge in [-0.05, 0) is 24.7 Å². The van der Waals surface area contributed by atoms with Gasteiger partial charge in [0.1, 0.15) is 0 Å². The summed E-state index contributed by atoms with van der Waals surface area (Å²) in [4.78, 5) is 21.7. The SMILES string of the molecule is CC1CCC(CNC(=O)NCCC(O)C(=O)O)C1. The number of urea groups is 1. The largest absolute Gasteiger partial charge is 0.479 e. The van der Waals surface area contributed by atoms with Crippen molar-refractivity contribution in [1.29, 1.82) is 0 Å². The Morgan fingerprint density at radius 1 is 1.33 bits per heavy atom. The van der Waals surface area contributed by atoms with E-state index in [4.69, 9.17) is 10.2 Å². The maximum absolute atomic E-state index is 11.4. The molecule has 3 atom stereocenters. The van der Waals surface area contributed by atoms with Crippen molar-refractivity contribution in [2.45, 2.75) is 38.7 Å². The lowest BCUT2D eigenvalue weighted by Gasteiger charge is -2.12. The van der Waals surface area contributed by atoms with Crippen LogP contribution in [0.5, 0.6) is 0 Å². The highest BCUT2D eigenvalue weighted by molar-refractivity contribution is 5.74. The Labute approximate surface area is 107 Å². The van der Waals surface area contributed by atoms with Crippen LogP contribution in [0.3, 0.4) is 0 Å². The molecule has 4 N–H and O–H groups in total. The number of carboxylic acids is 1. The Bertz CT molecular complexity index is 296. The molecule has 0 spiro atoms. The fourth-order valence-corrected chi connectivity index (χ4v) is 2.26. The Morgan fingerprint density at radius 3 is 2.61 bits per heavy atom. The summed E-state index contributed by atoms with van der Waals surface area (Å²) >= 11 is 0. The van der Waals surface area contributed by atoms with Crippen molar-refractivity contribution < 1.29 is 19.8 Å². The zero-order valence-corrected chi connectivity index (χ0v) is 10.7. The zero-order valence-electron chi connectivity index (χ0n) is 10.7. The molecule has 1 aliphatic rings. The van der Waals surface area contributed by atoms with E-state index >= 15 is 0 Å². The van der Waals surface area contributed by atoms with E-state index in [-0.39, 0.29) is 19.0 Å². The zero-order chi connectivity index (χ0) is 13.5. The minimum Gasteiger partial charge on any atom is -0.479 e. The highest BCUT2D eigenvalue weighted by Crippen LogP contribution is 2.29. The topological polar surface area (TPSA) is 98.7 Å². The normalized spacial score (nSPS) is 24.6. The van der Waals surface area contributed by atoms with Crippen molar-refractivity contribution in [3.63, 3.8) is 0 Å². The van der Waals surface area contributed by atoms with Crippen LogP contribution in [0.4, 0.5) is 4.79 Å². The van der Waals surface area contributed by atoms with Gasteiger partial charge in [0.15, 0.2) is 6.10 Å². The van der Waals surface area contributed by atoms with Crippen molar-refractivity contribution in [2.75, 3.05) is 13.1 Å². The van der Waals surface area contributed by atoms with Gasteiger partial charge < -0.3 is 20.8 Å². The third-order valence-electron chi connectivity index (χ3n) is 3.34. The number of carbonyl (C=O) groups is 2. The molecule has 104 valence electrons. The van der Waals surface area contributed by atoms with Gasteiger partial charge in [0.2, 0.25) is 0 Å². The molecule has 0 aromatic carbocycles. The number of nitrogens with one attached hydrogen (secondary N) is 2. The van der Waals surface area contributed by atoms with Gasteiger partial charge in [-0.3, -0.25) is 0 Å². The molecule has 0 radical (unpaired) electrons. The summed E-state index contributed by atoms with van der Waals surface area (Å²) in [6.07, 6.45) is 2.13. The fourth-order valence-electron chi connectivity index (χ4n) is 2.26. The Kier molecular flexibility index (Phi) is 5.91. The quantitative estimate of drug-likeness (QED) is 0.559. The van der Waals surface area contributed by atoms with Crippen molar-refractivity contribution >= 4 is 12.0 Å². The Morgan fingerprint density at radius 2 is 2.06 bits per heavy atom. The number of aliphatic carboxylic acids is 1. The summed E-state index contributed by atoms with van der Waals surface area (Å²) in [5.74, 6) is 0.0260. The average molecular weight is 258 g/mol. The van der Waals surface area contributed by atoms with E-state index in [2.05, 4.69) is 17.6 Å². The molecule has 0 aromatic rings. The number of aliphatic hydroxyl groups is 1. The second-order valence-electron chi connectivity index (χ2n) is 5.06. The molecule has 3 unspecified atom stereocenters. The van der Waals surface area contributed by atoms with Gasteiger partial charge >= 0.3 is 12.0 Å². The summed E-state index contributed by atoms with van der Waals surface area (Å²) in [6.45, 7) is 3.03. The maximum atomic E-state index is 11.4. The molecule has 1 fully saturated rings. The number of carboxylic acid groups (broad SMARTS) is 1. The molecule has 18 heavy (non-hydrogen) atoms. The second-order valence-corrected chi connectivity index (χ2v) is 5.06. The van der Waals surface area contributed by atoms with Crippen molar-refractivity contribution in [1.82, 2.24) is 10.6 Å². The molecule has 2 amide bonds. The molecule has 0 bridgehead atoms. The first-order valence-electron chi connectivity index (χ1n) is 6.41. The van der Waals surface area contributed by atoms with E-state index in [1.807, 2.05) is 0 Å². The van der Waals surface area contributed by atoms with E-state index in [1.165, 1.54) is 6.42 Å². The predicted molar refractivity (Wildman–Crippen MR) is 66.2 cm³/mol. The first kappa shape index (κ1) is 14.8. The van der Waals surface area contributed by atoms with Crippen LogP contribution in [-0.4, -0.2) is 41.4 Å². The number of aliphatic hydroxyl groups excluding tert-OH is 1. The van der Waals surface area contributed by atoms with Gasteiger partial charge in [-0.15, -0.1) is 0 Å². The van der Waals surface area contributed by atoms with Crippen LogP contribution in [0.1, 0.15) is 32.6 Å². The molecule has 0 heterocycles. The Balaban J connectivity index is 2.05. The lowest BCUT2D eigenvalue weighted by atomic mass is 10.1. The number of amides is 2. The minimum absolute atomic E-state index is 0.0171. The standard InChI is InChI=1S/C12H22N2O4/c1-8-2-3-9(6-8)7-14-12(18)13-5-4-10(15)11(16)17/h8-10,15H,2-7H2,1H3,(H,16,17)(H2,13,14,18). The van der Waals surface area contributed by atoms with Crippen molar-refractivity contribution in [3.05, 3.63) is 0 Å². The first-order valence-corrected chi connectivity index (χ1v) is 6.41. The fraction of sp³-hybridized carbons (Fsp3) is 0.833. The molecular formula is C12H22N2O4. The van der Waals surface area contributed by atoms with Crippen LogP contribution in [-0.2, 0) is 4.79 Å². The highest BCUT2D eigenvalue weighted by Gasteiger charge is 2.21. The van der Waals surface area contributed by atoms with Crippen LogP contribution in [0, 0.1) is 11.8 Å². The van der Waals surface area contributed by atoms with E-state index in [1.54, 1.807) is 0 Å². The lowest BCUT2D eigenvalue weighted by Crippen LogP contribution is -2.39. The van der Waals surface area contributed by atoms with E-state index in [9.17, 15) is 9.59 Å².